The number of nitrogens with zero attached hydrogens (tertiary/aromatic N) is 2. The number of fused-ring (bicyclic) bond motifs is 1. The lowest BCUT2D eigenvalue weighted by molar-refractivity contribution is 0.951. The summed E-state index contributed by atoms with van der Waals surface area (Å²) in [5.41, 5.74) is 4.35. The summed E-state index contributed by atoms with van der Waals surface area (Å²) in [7, 11) is 0. The van der Waals surface area contributed by atoms with E-state index in [-0.39, 0.29) is 0 Å². The van der Waals surface area contributed by atoms with Gasteiger partial charge in [0.05, 0.1) is 11.9 Å². The largest absolute Gasteiger partial charge is 0.297 e. The Hall–Kier alpha value is -2.03. The number of aromatic nitrogens is 3. The molecule has 0 fully saturated rings. The normalized spacial score (nSPS) is 11.0. The van der Waals surface area contributed by atoms with Crippen LogP contribution >= 0.6 is 0 Å². The number of aromatic amines is 1. The Labute approximate surface area is 87.4 Å². The number of aryl methyl sites for hydroxylation is 1. The van der Waals surface area contributed by atoms with Gasteiger partial charge >= 0.3 is 0 Å². The van der Waals surface area contributed by atoms with Gasteiger partial charge in [0.15, 0.2) is 5.65 Å². The van der Waals surface area contributed by atoms with Crippen molar-refractivity contribution < 1.29 is 0 Å². The van der Waals surface area contributed by atoms with Crippen molar-refractivity contribution in [2.24, 2.45) is 0 Å². The Morgan fingerprint density at radius 1 is 1.20 bits per heavy atom. The number of H-pyrrole nitrogens is 1. The second kappa shape index (κ2) is 2.98. The predicted molar refractivity (Wildman–Crippen MR) is 59.7 cm³/mol. The minimum absolute atomic E-state index is 0.964. The molecule has 0 aliphatic heterocycles. The van der Waals surface area contributed by atoms with Crippen molar-refractivity contribution in [1.82, 2.24) is 14.6 Å². The van der Waals surface area contributed by atoms with Crippen LogP contribution < -0.4 is 0 Å². The van der Waals surface area contributed by atoms with Gasteiger partial charge in [0, 0.05) is 17.3 Å². The van der Waals surface area contributed by atoms with Crippen LogP contribution in [0, 0.1) is 6.92 Å². The van der Waals surface area contributed by atoms with E-state index in [0.29, 0.717) is 0 Å². The van der Waals surface area contributed by atoms with E-state index in [9.17, 15) is 0 Å². The molecule has 0 amide bonds. The number of hydrogen-bond acceptors (Lipinski definition) is 1. The first kappa shape index (κ1) is 8.29. The number of nitrogens with one attached hydrogen (secondary N) is 1. The molecule has 1 N–H and O–H groups in total. The van der Waals surface area contributed by atoms with Crippen LogP contribution in [0.1, 0.15) is 5.69 Å². The van der Waals surface area contributed by atoms with Gasteiger partial charge in [0.2, 0.25) is 0 Å². The smallest absolute Gasteiger partial charge is 0.153 e. The maximum Gasteiger partial charge on any atom is 0.153 e. The molecule has 0 bridgehead atoms. The standard InChI is InChI=1S/C12H11N3/c1-9-7-12-13-8-11(15(12)14-9)10-5-3-2-4-6-10/h2-8,14H,1H3. The molecule has 3 heteroatoms. The first-order valence-electron chi connectivity index (χ1n) is 4.93. The molecule has 3 nitrogen and oxygen atoms in total. The lowest BCUT2D eigenvalue weighted by Crippen LogP contribution is -1.87. The van der Waals surface area contributed by atoms with E-state index >= 15 is 0 Å². The van der Waals surface area contributed by atoms with Crippen LogP contribution in [0.3, 0.4) is 0 Å². The molecule has 1 aromatic carbocycles. The Kier molecular flexibility index (Phi) is 1.65. The van der Waals surface area contributed by atoms with Crippen LogP contribution in [0.2, 0.25) is 0 Å². The van der Waals surface area contributed by atoms with Gasteiger partial charge in [-0.25, -0.2) is 9.50 Å². The molecule has 3 aromatic rings. The van der Waals surface area contributed by atoms with E-state index in [0.717, 1.165) is 17.0 Å². The van der Waals surface area contributed by atoms with Gasteiger partial charge in [-0.05, 0) is 6.92 Å². The first-order valence-corrected chi connectivity index (χ1v) is 4.93. The first-order chi connectivity index (χ1) is 7.34. The van der Waals surface area contributed by atoms with Gasteiger partial charge in [-0.3, -0.25) is 5.10 Å². The molecule has 0 radical (unpaired) electrons. The Morgan fingerprint density at radius 3 is 2.80 bits per heavy atom. The van der Waals surface area contributed by atoms with Crippen molar-refractivity contribution in [2.75, 3.05) is 0 Å². The van der Waals surface area contributed by atoms with Gasteiger partial charge in [-0.15, -0.1) is 0 Å². The Morgan fingerprint density at radius 2 is 2.00 bits per heavy atom. The summed E-state index contributed by atoms with van der Waals surface area (Å²) in [6.45, 7) is 2.03. The minimum Gasteiger partial charge on any atom is -0.297 e. The van der Waals surface area contributed by atoms with Crippen LogP contribution in [-0.2, 0) is 0 Å². The highest BCUT2D eigenvalue weighted by Gasteiger charge is 2.06. The third-order valence-corrected chi connectivity index (χ3v) is 2.49. The Bertz CT molecular complexity index is 590. The van der Waals surface area contributed by atoms with Crippen molar-refractivity contribution in [3.63, 3.8) is 0 Å². The quantitative estimate of drug-likeness (QED) is 0.639. The minimum atomic E-state index is 0.964. The van der Waals surface area contributed by atoms with E-state index < -0.39 is 0 Å². The zero-order chi connectivity index (χ0) is 10.3. The summed E-state index contributed by atoms with van der Waals surface area (Å²) in [5, 5.41) is 3.26. The average Bonchev–Trinajstić information content (AvgIpc) is 2.77. The summed E-state index contributed by atoms with van der Waals surface area (Å²) >= 11 is 0. The van der Waals surface area contributed by atoms with Gasteiger partial charge < -0.3 is 0 Å². The van der Waals surface area contributed by atoms with E-state index in [1.807, 2.05) is 41.9 Å². The number of imidazole rings is 1. The molecule has 15 heavy (non-hydrogen) atoms. The highest BCUT2D eigenvalue weighted by Crippen LogP contribution is 2.20. The molecule has 0 aliphatic carbocycles. The number of benzene rings is 1. The van der Waals surface area contributed by atoms with Crippen LogP contribution in [-0.4, -0.2) is 14.6 Å². The van der Waals surface area contributed by atoms with E-state index in [4.69, 9.17) is 0 Å². The molecule has 0 atom stereocenters. The zero-order valence-corrected chi connectivity index (χ0v) is 8.44. The summed E-state index contributed by atoms with van der Waals surface area (Å²) < 4.78 is 2.00. The molecule has 2 aromatic heterocycles. The summed E-state index contributed by atoms with van der Waals surface area (Å²) in [6, 6.07) is 12.3. The van der Waals surface area contributed by atoms with E-state index in [2.05, 4.69) is 22.2 Å². The third-order valence-electron chi connectivity index (χ3n) is 2.49. The monoisotopic (exact) mass is 197 g/mol. The molecule has 0 unspecified atom stereocenters. The lowest BCUT2D eigenvalue weighted by Gasteiger charge is -1.98. The highest BCUT2D eigenvalue weighted by molar-refractivity contribution is 5.63. The molecule has 0 saturated carbocycles. The zero-order valence-electron chi connectivity index (χ0n) is 8.44. The molecular weight excluding hydrogens is 186 g/mol. The van der Waals surface area contributed by atoms with Gasteiger partial charge in [-0.2, -0.15) is 0 Å². The van der Waals surface area contributed by atoms with E-state index in [1.165, 1.54) is 5.56 Å². The fourth-order valence-electron chi connectivity index (χ4n) is 1.80. The van der Waals surface area contributed by atoms with Crippen molar-refractivity contribution in [3.05, 3.63) is 48.3 Å². The number of hydrogen-bond donors (Lipinski definition) is 1. The van der Waals surface area contributed by atoms with Crippen molar-refractivity contribution in [2.45, 2.75) is 6.92 Å². The molecule has 74 valence electrons. The van der Waals surface area contributed by atoms with Gasteiger partial charge in [-0.1, -0.05) is 30.3 Å². The SMILES string of the molecule is Cc1cc2ncc(-c3ccccc3)n2[nH]1. The van der Waals surface area contributed by atoms with Crippen molar-refractivity contribution in [1.29, 1.82) is 0 Å². The molecular formula is C12H11N3. The Balaban J connectivity index is 2.27. The van der Waals surface area contributed by atoms with Gasteiger partial charge in [0.25, 0.3) is 0 Å². The molecule has 0 saturated heterocycles. The second-order valence-electron chi connectivity index (χ2n) is 3.64. The highest BCUT2D eigenvalue weighted by atomic mass is 15.3. The summed E-state index contributed by atoms with van der Waals surface area (Å²) in [5.74, 6) is 0. The fraction of sp³-hybridized carbons (Fsp3) is 0.0833. The summed E-state index contributed by atoms with van der Waals surface area (Å²) in [6.07, 6.45) is 1.89. The molecule has 3 rings (SSSR count). The van der Waals surface area contributed by atoms with Gasteiger partial charge in [0.1, 0.15) is 0 Å². The van der Waals surface area contributed by atoms with Crippen molar-refractivity contribution in [3.8, 4) is 11.3 Å². The van der Waals surface area contributed by atoms with E-state index in [1.54, 1.807) is 0 Å². The van der Waals surface area contributed by atoms with Crippen molar-refractivity contribution >= 4 is 5.65 Å². The maximum absolute atomic E-state index is 4.35. The summed E-state index contributed by atoms with van der Waals surface area (Å²) in [4.78, 5) is 4.35. The molecule has 2 heterocycles. The topological polar surface area (TPSA) is 33.1 Å². The van der Waals surface area contributed by atoms with Crippen LogP contribution in [0.15, 0.2) is 42.6 Å². The third kappa shape index (κ3) is 1.24. The maximum atomic E-state index is 4.35. The number of rotatable bonds is 1. The molecule has 0 aliphatic rings. The lowest BCUT2D eigenvalue weighted by atomic mass is 10.2. The fourth-order valence-corrected chi connectivity index (χ4v) is 1.80. The van der Waals surface area contributed by atoms with Crippen LogP contribution in [0.5, 0.6) is 0 Å². The van der Waals surface area contributed by atoms with Crippen LogP contribution in [0.4, 0.5) is 0 Å². The second-order valence-corrected chi connectivity index (χ2v) is 3.64. The predicted octanol–water partition coefficient (Wildman–Crippen LogP) is 2.64. The van der Waals surface area contributed by atoms with Crippen LogP contribution in [0.25, 0.3) is 16.9 Å². The average molecular weight is 197 g/mol. The molecule has 0 spiro atoms.